The number of nitro groups is 1. The number of hydrogen-bond acceptors (Lipinski definition) is 7. The number of hydrogen-bond donors (Lipinski definition) is 0. The maximum Gasteiger partial charge on any atom is 0.376 e. The molecule has 0 aliphatic rings. The molecule has 2 rings (SSSR count). The van der Waals surface area contributed by atoms with Gasteiger partial charge < -0.3 is 9.15 Å². The zero-order valence-electron chi connectivity index (χ0n) is 10.0. The third-order valence-electron chi connectivity index (χ3n) is 2.23. The van der Waals surface area contributed by atoms with Crippen molar-refractivity contribution >= 4 is 39.3 Å². The highest BCUT2D eigenvalue weighted by atomic mass is 79.9. The fourth-order valence-electron chi connectivity index (χ4n) is 1.36. The van der Waals surface area contributed by atoms with Gasteiger partial charge in [0.2, 0.25) is 5.76 Å². The van der Waals surface area contributed by atoms with Crippen LogP contribution in [0, 0.1) is 10.1 Å². The molecular weight excluding hydrogens is 352 g/mol. The Balaban J connectivity index is 2.38. The van der Waals surface area contributed by atoms with E-state index in [0.29, 0.717) is 9.37 Å². The van der Waals surface area contributed by atoms with Gasteiger partial charge in [-0.25, -0.2) is 9.78 Å². The first-order valence-electron chi connectivity index (χ1n) is 5.16. The number of rotatable bonds is 4. The Morgan fingerprint density at radius 3 is 2.95 bits per heavy atom. The van der Waals surface area contributed by atoms with Crippen molar-refractivity contribution in [3.05, 3.63) is 44.9 Å². The first-order valence-corrected chi connectivity index (χ1v) is 6.77. The van der Waals surface area contributed by atoms with Crippen LogP contribution in [0.25, 0.3) is 0 Å². The predicted octanol–water partition coefficient (Wildman–Crippen LogP) is 3.28. The lowest BCUT2D eigenvalue weighted by Crippen LogP contribution is -2.01. The summed E-state index contributed by atoms with van der Waals surface area (Å²) in [6.07, 6.45) is 1.08. The molecule has 20 heavy (non-hydrogen) atoms. The average molecular weight is 359 g/mol. The standard InChI is InChI=1S/C11H7BrN2O5S/c1-18-11(15)9-10(13-5-19-9)20-8-3-2-6(12)4-7(8)14(16)17/h2-5H,1H3. The molecule has 0 bridgehead atoms. The Kier molecular flexibility index (Phi) is 4.40. The molecule has 9 heteroatoms. The van der Waals surface area contributed by atoms with E-state index in [1.165, 1.54) is 13.2 Å². The van der Waals surface area contributed by atoms with Crippen LogP contribution in [0.3, 0.4) is 0 Å². The zero-order chi connectivity index (χ0) is 14.7. The topological polar surface area (TPSA) is 95.5 Å². The number of aromatic nitrogens is 1. The van der Waals surface area contributed by atoms with Crippen molar-refractivity contribution in [1.82, 2.24) is 4.98 Å². The third kappa shape index (κ3) is 2.99. The molecule has 0 atom stereocenters. The van der Waals surface area contributed by atoms with Gasteiger partial charge in [-0.3, -0.25) is 10.1 Å². The summed E-state index contributed by atoms with van der Waals surface area (Å²) < 4.78 is 10.1. The molecule has 7 nitrogen and oxygen atoms in total. The Labute approximate surface area is 125 Å². The summed E-state index contributed by atoms with van der Waals surface area (Å²) >= 11 is 4.13. The van der Waals surface area contributed by atoms with Gasteiger partial charge in [0, 0.05) is 10.5 Å². The van der Waals surface area contributed by atoms with Crippen LogP contribution in [-0.2, 0) is 4.74 Å². The fraction of sp³-hybridized carbons (Fsp3) is 0.0909. The minimum absolute atomic E-state index is 0.0882. The third-order valence-corrected chi connectivity index (χ3v) is 3.77. The molecule has 0 unspecified atom stereocenters. The summed E-state index contributed by atoms with van der Waals surface area (Å²) in [4.78, 5) is 26.2. The summed E-state index contributed by atoms with van der Waals surface area (Å²) in [6.45, 7) is 0. The molecule has 0 aliphatic heterocycles. The zero-order valence-corrected chi connectivity index (χ0v) is 12.4. The van der Waals surface area contributed by atoms with Crippen LogP contribution in [0.4, 0.5) is 5.69 Å². The number of carbonyl (C=O) groups is 1. The lowest BCUT2D eigenvalue weighted by molar-refractivity contribution is -0.387. The van der Waals surface area contributed by atoms with Gasteiger partial charge in [-0.15, -0.1) is 0 Å². The minimum Gasteiger partial charge on any atom is -0.463 e. The number of carbonyl (C=O) groups excluding carboxylic acids is 1. The molecule has 0 amide bonds. The molecule has 104 valence electrons. The maximum absolute atomic E-state index is 11.4. The van der Waals surface area contributed by atoms with Crippen LogP contribution in [0.2, 0.25) is 0 Å². The van der Waals surface area contributed by atoms with Crippen molar-refractivity contribution in [3.63, 3.8) is 0 Å². The molecule has 0 N–H and O–H groups in total. The fourth-order valence-corrected chi connectivity index (χ4v) is 2.61. The number of benzene rings is 1. The molecule has 0 spiro atoms. The number of esters is 1. The SMILES string of the molecule is COC(=O)c1ocnc1Sc1ccc(Br)cc1[N+](=O)[O-]. The average Bonchev–Trinajstić information content (AvgIpc) is 2.87. The van der Waals surface area contributed by atoms with Crippen molar-refractivity contribution in [1.29, 1.82) is 0 Å². The smallest absolute Gasteiger partial charge is 0.376 e. The van der Waals surface area contributed by atoms with Crippen LogP contribution in [0.15, 0.2) is 43.4 Å². The van der Waals surface area contributed by atoms with E-state index >= 15 is 0 Å². The summed E-state index contributed by atoms with van der Waals surface area (Å²) in [7, 11) is 1.21. The van der Waals surface area contributed by atoms with Crippen LogP contribution >= 0.6 is 27.7 Å². The Morgan fingerprint density at radius 1 is 1.55 bits per heavy atom. The molecule has 2 aromatic rings. The summed E-state index contributed by atoms with van der Waals surface area (Å²) in [5, 5.41) is 11.2. The molecule has 0 saturated carbocycles. The predicted molar refractivity (Wildman–Crippen MR) is 72.8 cm³/mol. The van der Waals surface area contributed by atoms with E-state index in [4.69, 9.17) is 4.42 Å². The van der Waals surface area contributed by atoms with Gasteiger partial charge >= 0.3 is 5.97 Å². The van der Waals surface area contributed by atoms with E-state index in [-0.39, 0.29) is 16.5 Å². The largest absolute Gasteiger partial charge is 0.463 e. The van der Waals surface area contributed by atoms with E-state index in [1.807, 2.05) is 0 Å². The summed E-state index contributed by atoms with van der Waals surface area (Å²) in [5.74, 6) is -0.778. The van der Waals surface area contributed by atoms with Gasteiger partial charge in [-0.1, -0.05) is 27.7 Å². The van der Waals surface area contributed by atoms with Crippen molar-refractivity contribution in [2.75, 3.05) is 7.11 Å². The Hall–Kier alpha value is -1.87. The lowest BCUT2D eigenvalue weighted by Gasteiger charge is -2.02. The second kappa shape index (κ2) is 6.06. The van der Waals surface area contributed by atoms with E-state index in [9.17, 15) is 14.9 Å². The molecule has 1 heterocycles. The van der Waals surface area contributed by atoms with Gasteiger partial charge in [0.1, 0.15) is 0 Å². The second-order valence-corrected chi connectivity index (χ2v) is 5.40. The molecule has 0 aliphatic carbocycles. The molecular formula is C11H7BrN2O5S. The Bertz CT molecular complexity index is 673. The molecule has 1 aromatic carbocycles. The van der Waals surface area contributed by atoms with Crippen LogP contribution < -0.4 is 0 Å². The maximum atomic E-state index is 11.4. The quantitative estimate of drug-likeness (QED) is 0.470. The summed E-state index contributed by atoms with van der Waals surface area (Å²) in [5.41, 5.74) is -0.0943. The van der Waals surface area contributed by atoms with Gasteiger partial charge in [-0.05, 0) is 12.1 Å². The van der Waals surface area contributed by atoms with Gasteiger partial charge in [-0.2, -0.15) is 0 Å². The molecule has 1 aromatic heterocycles. The van der Waals surface area contributed by atoms with Crippen LogP contribution in [-0.4, -0.2) is 23.0 Å². The molecule has 0 radical (unpaired) electrons. The number of halogens is 1. The van der Waals surface area contributed by atoms with Crippen LogP contribution in [0.5, 0.6) is 0 Å². The second-order valence-electron chi connectivity index (χ2n) is 3.45. The highest BCUT2D eigenvalue weighted by Gasteiger charge is 2.22. The number of methoxy groups -OCH3 is 1. The number of nitro benzene ring substituents is 1. The van der Waals surface area contributed by atoms with E-state index in [0.717, 1.165) is 18.2 Å². The van der Waals surface area contributed by atoms with E-state index in [2.05, 4.69) is 25.7 Å². The minimum atomic E-state index is -0.690. The molecule has 0 saturated heterocycles. The number of ether oxygens (including phenoxy) is 1. The lowest BCUT2D eigenvalue weighted by atomic mass is 10.3. The summed E-state index contributed by atoms with van der Waals surface area (Å²) in [6, 6.07) is 4.59. The highest BCUT2D eigenvalue weighted by molar-refractivity contribution is 9.10. The van der Waals surface area contributed by atoms with Crippen molar-refractivity contribution in [3.8, 4) is 0 Å². The van der Waals surface area contributed by atoms with Crippen molar-refractivity contribution in [2.24, 2.45) is 0 Å². The highest BCUT2D eigenvalue weighted by Crippen LogP contribution is 2.37. The van der Waals surface area contributed by atoms with E-state index < -0.39 is 10.9 Å². The Morgan fingerprint density at radius 2 is 2.30 bits per heavy atom. The van der Waals surface area contributed by atoms with Crippen molar-refractivity contribution in [2.45, 2.75) is 9.92 Å². The normalized spacial score (nSPS) is 10.3. The number of oxazole rings is 1. The van der Waals surface area contributed by atoms with E-state index in [1.54, 1.807) is 12.1 Å². The molecule has 0 fully saturated rings. The van der Waals surface area contributed by atoms with Crippen molar-refractivity contribution < 1.29 is 18.9 Å². The van der Waals surface area contributed by atoms with Gasteiger partial charge in [0.15, 0.2) is 11.4 Å². The number of nitrogens with zero attached hydrogens (tertiary/aromatic N) is 2. The van der Waals surface area contributed by atoms with Gasteiger partial charge in [0.25, 0.3) is 5.69 Å². The monoisotopic (exact) mass is 358 g/mol. The first-order chi connectivity index (χ1) is 9.52. The van der Waals surface area contributed by atoms with Crippen LogP contribution in [0.1, 0.15) is 10.6 Å². The first kappa shape index (κ1) is 14.5. The van der Waals surface area contributed by atoms with Gasteiger partial charge in [0.05, 0.1) is 16.9 Å².